The number of rotatable bonds is 7. The van der Waals surface area contributed by atoms with Crippen molar-refractivity contribution in [3.63, 3.8) is 0 Å². The quantitative estimate of drug-likeness (QED) is 0.837. The van der Waals surface area contributed by atoms with Crippen molar-refractivity contribution in [3.8, 4) is 0 Å². The van der Waals surface area contributed by atoms with Crippen molar-refractivity contribution in [1.29, 1.82) is 0 Å². The molecule has 0 amide bonds. The third kappa shape index (κ3) is 4.27. The predicted molar refractivity (Wildman–Crippen MR) is 82.0 cm³/mol. The van der Waals surface area contributed by atoms with Gasteiger partial charge in [-0.05, 0) is 38.6 Å². The fourth-order valence-corrected chi connectivity index (χ4v) is 3.27. The standard InChI is InChI=1S/C16H29N3O2/c1-5-20-15(11(2)3)16-18-14(21-19-16)10-12-8-6-7-9-13(12)17-4/h11-13,15,17H,5-10H2,1-4H3. The van der Waals surface area contributed by atoms with E-state index in [9.17, 15) is 0 Å². The lowest BCUT2D eigenvalue weighted by molar-refractivity contribution is 0.0217. The smallest absolute Gasteiger partial charge is 0.227 e. The number of nitrogens with one attached hydrogen (secondary N) is 1. The normalized spacial score (nSPS) is 24.4. The Morgan fingerprint density at radius 3 is 2.76 bits per heavy atom. The monoisotopic (exact) mass is 295 g/mol. The molecule has 3 unspecified atom stereocenters. The van der Waals surface area contributed by atoms with Gasteiger partial charge in [-0.25, -0.2) is 0 Å². The Labute approximate surface area is 127 Å². The molecule has 1 fully saturated rings. The van der Waals surface area contributed by atoms with Crippen LogP contribution in [0.25, 0.3) is 0 Å². The molecule has 0 aromatic carbocycles. The summed E-state index contributed by atoms with van der Waals surface area (Å²) in [7, 11) is 2.05. The molecule has 3 atom stereocenters. The first-order valence-corrected chi connectivity index (χ1v) is 8.27. The minimum Gasteiger partial charge on any atom is -0.370 e. The average molecular weight is 295 g/mol. The summed E-state index contributed by atoms with van der Waals surface area (Å²) in [6.07, 6.45) is 5.90. The van der Waals surface area contributed by atoms with Crippen LogP contribution >= 0.6 is 0 Å². The van der Waals surface area contributed by atoms with E-state index in [0.29, 0.717) is 30.3 Å². The average Bonchev–Trinajstić information content (AvgIpc) is 2.93. The van der Waals surface area contributed by atoms with Gasteiger partial charge in [-0.2, -0.15) is 4.98 Å². The molecule has 2 rings (SSSR count). The fraction of sp³-hybridized carbons (Fsp3) is 0.875. The summed E-state index contributed by atoms with van der Waals surface area (Å²) in [5, 5.41) is 7.57. The first kappa shape index (κ1) is 16.4. The van der Waals surface area contributed by atoms with E-state index in [2.05, 4.69) is 29.3 Å². The van der Waals surface area contributed by atoms with Gasteiger partial charge >= 0.3 is 0 Å². The first-order valence-electron chi connectivity index (χ1n) is 8.27. The highest BCUT2D eigenvalue weighted by atomic mass is 16.5. The van der Waals surface area contributed by atoms with Crippen molar-refractivity contribution in [2.45, 2.75) is 65.0 Å². The van der Waals surface area contributed by atoms with Crippen molar-refractivity contribution < 1.29 is 9.26 Å². The number of nitrogens with zero attached hydrogens (tertiary/aromatic N) is 2. The minimum absolute atomic E-state index is 0.0704. The predicted octanol–water partition coefficient (Wildman–Crippen LogP) is 3.12. The lowest BCUT2D eigenvalue weighted by Crippen LogP contribution is -2.37. The molecule has 0 bridgehead atoms. The molecule has 1 saturated carbocycles. The van der Waals surface area contributed by atoms with E-state index in [0.717, 1.165) is 12.3 Å². The molecule has 0 radical (unpaired) electrons. The largest absolute Gasteiger partial charge is 0.370 e. The topological polar surface area (TPSA) is 60.2 Å². The van der Waals surface area contributed by atoms with Crippen molar-refractivity contribution in [1.82, 2.24) is 15.5 Å². The van der Waals surface area contributed by atoms with E-state index in [1.165, 1.54) is 25.7 Å². The van der Waals surface area contributed by atoms with E-state index in [1.54, 1.807) is 0 Å². The van der Waals surface area contributed by atoms with Gasteiger partial charge in [-0.1, -0.05) is 31.8 Å². The van der Waals surface area contributed by atoms with Gasteiger partial charge < -0.3 is 14.6 Å². The summed E-state index contributed by atoms with van der Waals surface area (Å²) in [6, 6.07) is 0.571. The van der Waals surface area contributed by atoms with Gasteiger partial charge in [0, 0.05) is 19.1 Å². The molecule has 1 aliphatic rings. The Balaban J connectivity index is 2.01. The highest BCUT2D eigenvalue weighted by molar-refractivity contribution is 4.95. The molecule has 1 heterocycles. The molecular weight excluding hydrogens is 266 g/mol. The van der Waals surface area contributed by atoms with Crippen LogP contribution in [-0.4, -0.2) is 29.8 Å². The maximum Gasteiger partial charge on any atom is 0.227 e. The highest BCUT2D eigenvalue weighted by Gasteiger charge is 2.27. The number of aromatic nitrogens is 2. The van der Waals surface area contributed by atoms with Crippen LogP contribution in [0.3, 0.4) is 0 Å². The zero-order valence-electron chi connectivity index (χ0n) is 13.8. The Hall–Kier alpha value is -0.940. The fourth-order valence-electron chi connectivity index (χ4n) is 3.27. The minimum atomic E-state index is -0.0704. The van der Waals surface area contributed by atoms with E-state index in [4.69, 9.17) is 9.26 Å². The second-order valence-corrected chi connectivity index (χ2v) is 6.31. The SMILES string of the molecule is CCOC(c1noc(CC2CCCCC2NC)n1)C(C)C. The van der Waals surface area contributed by atoms with E-state index in [1.807, 2.05) is 14.0 Å². The van der Waals surface area contributed by atoms with Gasteiger partial charge in [0.1, 0.15) is 6.10 Å². The van der Waals surface area contributed by atoms with Crippen LogP contribution in [0.15, 0.2) is 4.52 Å². The Morgan fingerprint density at radius 1 is 1.33 bits per heavy atom. The molecule has 120 valence electrons. The second-order valence-electron chi connectivity index (χ2n) is 6.31. The van der Waals surface area contributed by atoms with E-state index in [-0.39, 0.29) is 6.10 Å². The molecule has 0 aliphatic heterocycles. The Kier molecular flexibility index (Phi) is 6.18. The highest BCUT2D eigenvalue weighted by Crippen LogP contribution is 2.28. The third-order valence-corrected chi connectivity index (χ3v) is 4.41. The zero-order chi connectivity index (χ0) is 15.2. The number of hydrogen-bond acceptors (Lipinski definition) is 5. The van der Waals surface area contributed by atoms with Gasteiger partial charge in [0.15, 0.2) is 0 Å². The van der Waals surface area contributed by atoms with Gasteiger partial charge in [-0.15, -0.1) is 0 Å². The number of hydrogen-bond donors (Lipinski definition) is 1. The van der Waals surface area contributed by atoms with E-state index >= 15 is 0 Å². The lowest BCUT2D eigenvalue weighted by Gasteiger charge is -2.30. The van der Waals surface area contributed by atoms with Gasteiger partial charge in [0.2, 0.25) is 11.7 Å². The van der Waals surface area contributed by atoms with Crippen LogP contribution in [0.2, 0.25) is 0 Å². The molecule has 5 nitrogen and oxygen atoms in total. The summed E-state index contributed by atoms with van der Waals surface area (Å²) in [5.74, 6) is 2.39. The Bertz CT molecular complexity index is 419. The van der Waals surface area contributed by atoms with Gasteiger partial charge in [0.25, 0.3) is 0 Å². The van der Waals surface area contributed by atoms with Crippen LogP contribution in [0.5, 0.6) is 0 Å². The summed E-state index contributed by atoms with van der Waals surface area (Å²) in [5.41, 5.74) is 0. The van der Waals surface area contributed by atoms with Crippen molar-refractivity contribution in [2.75, 3.05) is 13.7 Å². The van der Waals surface area contributed by atoms with Crippen LogP contribution in [0, 0.1) is 11.8 Å². The third-order valence-electron chi connectivity index (χ3n) is 4.41. The lowest BCUT2D eigenvalue weighted by atomic mass is 9.82. The van der Waals surface area contributed by atoms with Crippen LogP contribution < -0.4 is 5.32 Å². The molecule has 5 heteroatoms. The van der Waals surface area contributed by atoms with Crippen molar-refractivity contribution in [3.05, 3.63) is 11.7 Å². The van der Waals surface area contributed by atoms with E-state index < -0.39 is 0 Å². The molecule has 21 heavy (non-hydrogen) atoms. The van der Waals surface area contributed by atoms with Crippen molar-refractivity contribution >= 4 is 0 Å². The molecule has 0 spiro atoms. The van der Waals surface area contributed by atoms with Crippen LogP contribution in [0.4, 0.5) is 0 Å². The molecule has 1 aromatic rings. The Morgan fingerprint density at radius 2 is 2.10 bits per heavy atom. The molecular formula is C16H29N3O2. The summed E-state index contributed by atoms with van der Waals surface area (Å²) >= 11 is 0. The summed E-state index contributed by atoms with van der Waals surface area (Å²) < 4.78 is 11.2. The van der Waals surface area contributed by atoms with Crippen molar-refractivity contribution in [2.24, 2.45) is 11.8 Å². The molecule has 1 N–H and O–H groups in total. The zero-order valence-corrected chi connectivity index (χ0v) is 13.8. The first-order chi connectivity index (χ1) is 10.2. The number of ether oxygens (including phenoxy) is 1. The van der Waals surface area contributed by atoms with Crippen LogP contribution in [0.1, 0.15) is 64.3 Å². The molecule has 1 aromatic heterocycles. The maximum atomic E-state index is 5.74. The van der Waals surface area contributed by atoms with Gasteiger partial charge in [0.05, 0.1) is 0 Å². The van der Waals surface area contributed by atoms with Gasteiger partial charge in [-0.3, -0.25) is 0 Å². The summed E-state index contributed by atoms with van der Waals surface area (Å²) in [4.78, 5) is 4.58. The summed E-state index contributed by atoms with van der Waals surface area (Å²) in [6.45, 7) is 6.90. The maximum absolute atomic E-state index is 5.74. The molecule has 0 saturated heterocycles. The van der Waals surface area contributed by atoms with Crippen LogP contribution in [-0.2, 0) is 11.2 Å². The molecule has 1 aliphatic carbocycles. The second kappa shape index (κ2) is 7.90.